The highest BCUT2D eigenvalue weighted by Gasteiger charge is 2.36. The molecule has 0 aromatic carbocycles. The summed E-state index contributed by atoms with van der Waals surface area (Å²) < 4.78 is 44.0. The largest absolute Gasteiger partial charge is 0.421 e. The number of carbonyl (C=O) groups excluding carboxylic acids is 1. The molecule has 1 aliphatic rings. The number of hydrogen-bond acceptors (Lipinski definition) is 6. The predicted molar refractivity (Wildman–Crippen MR) is 105 cm³/mol. The zero-order chi connectivity index (χ0) is 22.8. The lowest BCUT2D eigenvalue weighted by molar-refractivity contribution is -0.138. The molecular formula is C20H20F3N5O3. The molecule has 0 bridgehead atoms. The van der Waals surface area contributed by atoms with Gasteiger partial charge in [0.1, 0.15) is 23.2 Å². The zero-order valence-electron chi connectivity index (χ0n) is 16.8. The number of carbonyl (C=O) groups is 1. The van der Waals surface area contributed by atoms with Crippen LogP contribution < -0.4 is 15.2 Å². The number of H-pyrrole nitrogens is 1. The maximum absolute atomic E-state index is 12.9. The topological polar surface area (TPSA) is 102 Å². The van der Waals surface area contributed by atoms with Gasteiger partial charge in [-0.3, -0.25) is 4.79 Å². The first kappa shape index (κ1) is 22.1. The SMILES string of the molecule is CC(C)C1CN(c2ccc(C#N)cn2)CCN1C(=O)Oc1c[nH]c(=O)c(C(F)(F)F)c1. The number of hydrogen-bond donors (Lipinski definition) is 1. The maximum Gasteiger partial charge on any atom is 0.421 e. The molecule has 3 heterocycles. The van der Waals surface area contributed by atoms with Gasteiger partial charge in [-0.05, 0) is 18.1 Å². The minimum absolute atomic E-state index is 0.0232. The summed E-state index contributed by atoms with van der Waals surface area (Å²) in [4.78, 5) is 33.8. The summed E-state index contributed by atoms with van der Waals surface area (Å²) >= 11 is 0. The lowest BCUT2D eigenvalue weighted by atomic mass is 10.00. The maximum atomic E-state index is 12.9. The van der Waals surface area contributed by atoms with E-state index in [0.29, 0.717) is 30.5 Å². The van der Waals surface area contributed by atoms with Gasteiger partial charge in [0.15, 0.2) is 0 Å². The van der Waals surface area contributed by atoms with Crippen LogP contribution in [0, 0.1) is 17.2 Å². The summed E-state index contributed by atoms with van der Waals surface area (Å²) in [5.74, 6) is 0.291. The number of nitrogens with one attached hydrogen (secondary N) is 1. The number of aromatic amines is 1. The van der Waals surface area contributed by atoms with Crippen LogP contribution in [0.3, 0.4) is 0 Å². The highest BCUT2D eigenvalue weighted by Crippen LogP contribution is 2.29. The van der Waals surface area contributed by atoms with Crippen LogP contribution in [0.4, 0.5) is 23.8 Å². The Labute approximate surface area is 175 Å². The molecule has 2 aromatic rings. The van der Waals surface area contributed by atoms with Crippen LogP contribution in [0.15, 0.2) is 35.4 Å². The fraction of sp³-hybridized carbons (Fsp3) is 0.400. The summed E-state index contributed by atoms with van der Waals surface area (Å²) in [7, 11) is 0. The van der Waals surface area contributed by atoms with Crippen molar-refractivity contribution >= 4 is 11.9 Å². The van der Waals surface area contributed by atoms with Gasteiger partial charge in [0.05, 0.1) is 11.6 Å². The molecule has 2 aromatic heterocycles. The van der Waals surface area contributed by atoms with Crippen molar-refractivity contribution in [1.29, 1.82) is 5.26 Å². The third-order valence-corrected chi connectivity index (χ3v) is 5.01. The van der Waals surface area contributed by atoms with Crippen molar-refractivity contribution in [1.82, 2.24) is 14.9 Å². The second-order valence-electron chi connectivity index (χ2n) is 7.41. The summed E-state index contributed by atoms with van der Waals surface area (Å²) in [5.41, 5.74) is -2.31. The fourth-order valence-corrected chi connectivity index (χ4v) is 3.35. The van der Waals surface area contributed by atoms with Gasteiger partial charge in [0, 0.05) is 38.1 Å². The van der Waals surface area contributed by atoms with E-state index < -0.39 is 29.1 Å². The molecule has 1 unspecified atom stereocenters. The molecule has 0 radical (unpaired) electrons. The average molecular weight is 435 g/mol. The fourth-order valence-electron chi connectivity index (χ4n) is 3.35. The zero-order valence-corrected chi connectivity index (χ0v) is 16.8. The van der Waals surface area contributed by atoms with Crippen molar-refractivity contribution in [2.24, 2.45) is 5.92 Å². The molecule has 1 saturated heterocycles. The minimum atomic E-state index is -4.86. The van der Waals surface area contributed by atoms with Gasteiger partial charge in [-0.15, -0.1) is 0 Å². The molecule has 1 fully saturated rings. The summed E-state index contributed by atoms with van der Waals surface area (Å²) in [5, 5.41) is 8.90. The van der Waals surface area contributed by atoms with Gasteiger partial charge in [-0.1, -0.05) is 13.8 Å². The van der Waals surface area contributed by atoms with Crippen LogP contribution in [0.1, 0.15) is 25.0 Å². The number of ether oxygens (including phenoxy) is 1. The highest BCUT2D eigenvalue weighted by molar-refractivity contribution is 5.71. The molecule has 0 saturated carbocycles. The van der Waals surface area contributed by atoms with E-state index in [-0.39, 0.29) is 18.5 Å². The molecule has 164 valence electrons. The highest BCUT2D eigenvalue weighted by atomic mass is 19.4. The number of aromatic nitrogens is 2. The Morgan fingerprint density at radius 1 is 1.35 bits per heavy atom. The Morgan fingerprint density at radius 3 is 2.68 bits per heavy atom. The number of piperazine rings is 1. The van der Waals surface area contributed by atoms with E-state index >= 15 is 0 Å². The second-order valence-corrected chi connectivity index (χ2v) is 7.41. The van der Waals surface area contributed by atoms with E-state index in [9.17, 15) is 22.8 Å². The van der Waals surface area contributed by atoms with Crippen LogP contribution in [-0.4, -0.2) is 46.6 Å². The van der Waals surface area contributed by atoms with E-state index in [4.69, 9.17) is 10.00 Å². The Morgan fingerprint density at radius 2 is 2.10 bits per heavy atom. The predicted octanol–water partition coefficient (Wildman–Crippen LogP) is 3.01. The van der Waals surface area contributed by atoms with E-state index in [1.165, 1.54) is 11.1 Å². The smallest absolute Gasteiger partial charge is 0.409 e. The first-order valence-corrected chi connectivity index (χ1v) is 9.49. The summed E-state index contributed by atoms with van der Waals surface area (Å²) in [6, 6.07) is 5.61. The number of nitriles is 1. The Hall–Kier alpha value is -3.55. The number of nitrogens with zero attached hydrogens (tertiary/aromatic N) is 4. The number of rotatable bonds is 3. The molecule has 31 heavy (non-hydrogen) atoms. The van der Waals surface area contributed by atoms with Crippen LogP contribution >= 0.6 is 0 Å². The second kappa shape index (κ2) is 8.67. The molecule has 0 spiro atoms. The normalized spacial score (nSPS) is 16.9. The Balaban J connectivity index is 1.75. The van der Waals surface area contributed by atoms with Gasteiger partial charge in [0.2, 0.25) is 0 Å². The van der Waals surface area contributed by atoms with E-state index in [1.807, 2.05) is 29.8 Å². The van der Waals surface area contributed by atoms with E-state index in [1.54, 1.807) is 12.1 Å². The lowest BCUT2D eigenvalue weighted by Crippen LogP contribution is -2.58. The monoisotopic (exact) mass is 435 g/mol. The number of alkyl halides is 3. The van der Waals surface area contributed by atoms with Crippen LogP contribution in [0.2, 0.25) is 0 Å². The van der Waals surface area contributed by atoms with Crippen LogP contribution in [-0.2, 0) is 6.18 Å². The Kier molecular flexibility index (Phi) is 6.19. The van der Waals surface area contributed by atoms with Gasteiger partial charge in [-0.2, -0.15) is 18.4 Å². The Bertz CT molecular complexity index is 1040. The van der Waals surface area contributed by atoms with Crippen LogP contribution in [0.25, 0.3) is 0 Å². The van der Waals surface area contributed by atoms with Gasteiger partial charge in [0.25, 0.3) is 5.56 Å². The molecule has 8 nitrogen and oxygen atoms in total. The standard InChI is InChI=1S/C20H20F3N5O3/c1-12(2)16-11-27(17-4-3-13(8-24)9-25-17)5-6-28(16)19(30)31-14-7-15(20(21,22)23)18(29)26-10-14/h3-4,7,9-10,12,16H,5-6,11H2,1-2H3,(H,26,29). The van der Waals surface area contributed by atoms with E-state index in [0.717, 1.165) is 6.20 Å². The molecular weight excluding hydrogens is 415 g/mol. The van der Waals surface area contributed by atoms with Crippen LogP contribution in [0.5, 0.6) is 5.75 Å². The molecule has 1 N–H and O–H groups in total. The molecule has 1 amide bonds. The van der Waals surface area contributed by atoms with Crippen molar-refractivity contribution in [2.75, 3.05) is 24.5 Å². The molecule has 1 aliphatic heterocycles. The van der Waals surface area contributed by atoms with E-state index in [2.05, 4.69) is 4.98 Å². The van der Waals surface area contributed by atoms with Crippen molar-refractivity contribution in [2.45, 2.75) is 26.1 Å². The average Bonchev–Trinajstić information content (AvgIpc) is 2.73. The van der Waals surface area contributed by atoms with Crippen molar-refractivity contribution < 1.29 is 22.7 Å². The lowest BCUT2D eigenvalue weighted by Gasteiger charge is -2.43. The number of amides is 1. The third-order valence-electron chi connectivity index (χ3n) is 5.01. The summed E-state index contributed by atoms with van der Waals surface area (Å²) in [6.45, 7) is 4.96. The van der Waals surface area contributed by atoms with Gasteiger partial charge < -0.3 is 19.5 Å². The van der Waals surface area contributed by atoms with Crippen molar-refractivity contribution in [3.05, 3.63) is 52.1 Å². The van der Waals surface area contributed by atoms with Gasteiger partial charge in [-0.25, -0.2) is 9.78 Å². The first-order chi connectivity index (χ1) is 14.6. The van der Waals surface area contributed by atoms with Crippen molar-refractivity contribution in [3.8, 4) is 11.8 Å². The van der Waals surface area contributed by atoms with Crippen molar-refractivity contribution in [3.63, 3.8) is 0 Å². The third kappa shape index (κ3) is 4.96. The minimum Gasteiger partial charge on any atom is -0.409 e. The molecule has 1 atom stereocenters. The molecule has 0 aliphatic carbocycles. The number of halogens is 3. The molecule has 3 rings (SSSR count). The number of pyridine rings is 2. The quantitative estimate of drug-likeness (QED) is 0.795. The molecule has 11 heteroatoms. The first-order valence-electron chi connectivity index (χ1n) is 9.49. The summed E-state index contributed by atoms with van der Waals surface area (Å²) in [6.07, 6.45) is -3.27. The van der Waals surface area contributed by atoms with Gasteiger partial charge >= 0.3 is 12.3 Å². The number of anilines is 1.